The molecule has 0 bridgehead atoms. The lowest BCUT2D eigenvalue weighted by molar-refractivity contribution is -0.142. The number of likely N-dealkylation sites (tertiary alicyclic amines) is 1. The van der Waals surface area contributed by atoms with Gasteiger partial charge in [0.25, 0.3) is 0 Å². The van der Waals surface area contributed by atoms with Crippen molar-refractivity contribution in [1.82, 2.24) is 24.6 Å². The van der Waals surface area contributed by atoms with Gasteiger partial charge in [0.2, 0.25) is 0 Å². The molecule has 1 aliphatic heterocycles. The molecule has 148 valence electrons. The number of alkyl halides is 3. The Morgan fingerprint density at radius 1 is 1.32 bits per heavy atom. The molecule has 0 saturated carbocycles. The normalized spacial score (nSPS) is 15.9. The van der Waals surface area contributed by atoms with Crippen LogP contribution in [0.5, 0.6) is 0 Å². The number of pyridine rings is 1. The summed E-state index contributed by atoms with van der Waals surface area (Å²) in [5, 5.41) is 7.35. The van der Waals surface area contributed by atoms with Gasteiger partial charge in [-0.15, -0.1) is 0 Å². The van der Waals surface area contributed by atoms with Crippen molar-refractivity contribution in [3.63, 3.8) is 0 Å². The topological polar surface area (TPSA) is 78.8 Å². The first-order chi connectivity index (χ1) is 13.4. The number of halogens is 3. The van der Waals surface area contributed by atoms with Crippen molar-refractivity contribution in [2.45, 2.75) is 31.5 Å². The molecule has 1 fully saturated rings. The summed E-state index contributed by atoms with van der Waals surface area (Å²) in [4.78, 5) is 21.6. The molecule has 2 amide bonds. The van der Waals surface area contributed by atoms with E-state index in [2.05, 4.69) is 20.4 Å². The van der Waals surface area contributed by atoms with E-state index in [-0.39, 0.29) is 11.7 Å². The lowest BCUT2D eigenvalue weighted by atomic mass is 9.89. The van der Waals surface area contributed by atoms with Crippen LogP contribution in [0.15, 0.2) is 36.9 Å². The van der Waals surface area contributed by atoms with Gasteiger partial charge in [0.05, 0.1) is 11.9 Å². The number of piperidine rings is 1. The number of nitrogens with one attached hydrogen (secondary N) is 2. The highest BCUT2D eigenvalue weighted by molar-refractivity contribution is 5.89. The Hall–Kier alpha value is -3.04. The number of anilines is 1. The minimum absolute atomic E-state index is 0.249. The smallest absolute Gasteiger partial charge is 0.346 e. The van der Waals surface area contributed by atoms with Crippen LogP contribution in [-0.2, 0) is 6.54 Å². The van der Waals surface area contributed by atoms with Crippen molar-refractivity contribution in [1.29, 1.82) is 0 Å². The average Bonchev–Trinajstić information content (AvgIpc) is 3.27. The Balaban J connectivity index is 1.34. The summed E-state index contributed by atoms with van der Waals surface area (Å²) in [5.41, 5.74) is 2.31. The predicted octanol–water partition coefficient (Wildman–Crippen LogP) is 3.73. The Morgan fingerprint density at radius 2 is 2.11 bits per heavy atom. The lowest BCUT2D eigenvalue weighted by Crippen LogP contribution is -2.40. The number of aromatic nitrogens is 4. The number of aromatic amines is 1. The molecule has 7 nitrogen and oxygen atoms in total. The van der Waals surface area contributed by atoms with Crippen molar-refractivity contribution in [3.05, 3.63) is 42.5 Å². The van der Waals surface area contributed by atoms with E-state index in [9.17, 15) is 18.0 Å². The second-order valence-electron chi connectivity index (χ2n) is 6.88. The third-order valence-electron chi connectivity index (χ3n) is 4.93. The van der Waals surface area contributed by atoms with Crippen molar-refractivity contribution >= 4 is 22.8 Å². The zero-order valence-corrected chi connectivity index (χ0v) is 14.9. The van der Waals surface area contributed by atoms with Crippen LogP contribution in [0, 0.1) is 0 Å². The van der Waals surface area contributed by atoms with Gasteiger partial charge in [0.15, 0.2) is 0 Å². The minimum atomic E-state index is -4.35. The first kappa shape index (κ1) is 18.3. The van der Waals surface area contributed by atoms with E-state index in [0.29, 0.717) is 19.0 Å². The maximum Gasteiger partial charge on any atom is 0.408 e. The summed E-state index contributed by atoms with van der Waals surface area (Å²) in [5.74, 6) is 0.330. The van der Waals surface area contributed by atoms with Gasteiger partial charge in [-0.05, 0) is 36.5 Å². The summed E-state index contributed by atoms with van der Waals surface area (Å²) in [6.07, 6.45) is 3.38. The Morgan fingerprint density at radius 3 is 2.86 bits per heavy atom. The van der Waals surface area contributed by atoms with Crippen molar-refractivity contribution in [3.8, 4) is 0 Å². The molecule has 1 aliphatic rings. The molecule has 0 atom stereocenters. The van der Waals surface area contributed by atoms with Gasteiger partial charge < -0.3 is 15.2 Å². The third-order valence-corrected chi connectivity index (χ3v) is 4.93. The van der Waals surface area contributed by atoms with Crippen molar-refractivity contribution in [2.75, 3.05) is 18.4 Å². The van der Waals surface area contributed by atoms with Crippen LogP contribution in [0.25, 0.3) is 11.0 Å². The van der Waals surface area contributed by atoms with E-state index in [4.69, 9.17) is 0 Å². The van der Waals surface area contributed by atoms with Gasteiger partial charge in [-0.25, -0.2) is 9.78 Å². The number of fused-ring (bicyclic) bond motifs is 1. The van der Waals surface area contributed by atoms with Crippen LogP contribution in [0.1, 0.15) is 24.3 Å². The van der Waals surface area contributed by atoms with Crippen molar-refractivity contribution in [2.24, 2.45) is 0 Å². The standard InChI is InChI=1S/C18H19F3N6O/c19-18(20,21)11-27-10-13(8-24-27)25-17(28)26-6-3-12(4-7-26)15-9-23-16-14(15)2-1-5-22-16/h1-2,5,8-10,12H,3-4,6-7,11H2,(H,22,23)(H,25,28). The molecule has 3 aromatic heterocycles. The van der Waals surface area contributed by atoms with Gasteiger partial charge >= 0.3 is 12.2 Å². The largest absolute Gasteiger partial charge is 0.408 e. The van der Waals surface area contributed by atoms with E-state index in [1.807, 2.05) is 18.3 Å². The van der Waals surface area contributed by atoms with E-state index in [1.165, 1.54) is 18.0 Å². The third kappa shape index (κ3) is 3.95. The predicted molar refractivity (Wildman–Crippen MR) is 96.9 cm³/mol. The molecule has 10 heteroatoms. The van der Waals surface area contributed by atoms with Gasteiger partial charge in [0.1, 0.15) is 12.2 Å². The number of hydrogen-bond acceptors (Lipinski definition) is 3. The van der Waals surface area contributed by atoms with Crippen LogP contribution in [0.3, 0.4) is 0 Å². The highest BCUT2D eigenvalue weighted by atomic mass is 19.4. The molecule has 0 aromatic carbocycles. The fourth-order valence-electron chi connectivity index (χ4n) is 3.61. The minimum Gasteiger partial charge on any atom is -0.346 e. The molecule has 0 spiro atoms. The van der Waals surface area contributed by atoms with Crippen LogP contribution in [-0.4, -0.2) is 49.9 Å². The summed E-state index contributed by atoms with van der Waals surface area (Å²) in [6, 6.07) is 3.61. The number of hydrogen-bond donors (Lipinski definition) is 2. The van der Waals surface area contributed by atoms with E-state index in [0.717, 1.165) is 28.6 Å². The van der Waals surface area contributed by atoms with E-state index in [1.54, 1.807) is 11.1 Å². The summed E-state index contributed by atoms with van der Waals surface area (Å²) in [6.45, 7) is -0.0476. The summed E-state index contributed by atoms with van der Waals surface area (Å²) in [7, 11) is 0. The number of carbonyl (C=O) groups is 1. The molecule has 1 saturated heterocycles. The van der Waals surface area contributed by atoms with Crippen LogP contribution in [0.4, 0.5) is 23.7 Å². The van der Waals surface area contributed by atoms with Gasteiger partial charge in [-0.1, -0.05) is 0 Å². The zero-order valence-electron chi connectivity index (χ0n) is 14.9. The molecule has 3 aromatic rings. The fourth-order valence-corrected chi connectivity index (χ4v) is 3.61. The highest BCUT2D eigenvalue weighted by Gasteiger charge is 2.29. The molecule has 4 rings (SSSR count). The van der Waals surface area contributed by atoms with Crippen molar-refractivity contribution < 1.29 is 18.0 Å². The molecule has 4 heterocycles. The number of carbonyl (C=O) groups excluding carboxylic acids is 1. The van der Waals surface area contributed by atoms with E-state index >= 15 is 0 Å². The second-order valence-corrected chi connectivity index (χ2v) is 6.88. The number of H-pyrrole nitrogens is 1. The molecule has 0 unspecified atom stereocenters. The fraction of sp³-hybridized carbons (Fsp3) is 0.389. The number of rotatable bonds is 3. The summed E-state index contributed by atoms with van der Waals surface area (Å²) >= 11 is 0. The molecule has 0 radical (unpaired) electrons. The zero-order chi connectivity index (χ0) is 19.7. The molecule has 28 heavy (non-hydrogen) atoms. The molecular weight excluding hydrogens is 373 g/mol. The number of amides is 2. The van der Waals surface area contributed by atoms with Crippen LogP contribution < -0.4 is 5.32 Å². The lowest BCUT2D eigenvalue weighted by Gasteiger charge is -2.31. The first-order valence-electron chi connectivity index (χ1n) is 8.96. The van der Waals surface area contributed by atoms with Gasteiger partial charge in [0, 0.05) is 37.1 Å². The molecule has 0 aliphatic carbocycles. The van der Waals surface area contributed by atoms with Gasteiger partial charge in [-0.3, -0.25) is 4.68 Å². The molecular formula is C18H19F3N6O. The van der Waals surface area contributed by atoms with Crippen LogP contribution in [0.2, 0.25) is 0 Å². The first-order valence-corrected chi connectivity index (χ1v) is 8.96. The Bertz CT molecular complexity index is 971. The number of urea groups is 1. The van der Waals surface area contributed by atoms with E-state index < -0.39 is 12.7 Å². The Kier molecular flexibility index (Phi) is 4.70. The number of nitrogens with zero attached hydrogens (tertiary/aromatic N) is 4. The molecule has 2 N–H and O–H groups in total. The van der Waals surface area contributed by atoms with Gasteiger partial charge in [-0.2, -0.15) is 18.3 Å². The van der Waals surface area contributed by atoms with Crippen LogP contribution >= 0.6 is 0 Å². The highest BCUT2D eigenvalue weighted by Crippen LogP contribution is 2.32. The maximum atomic E-state index is 12.4. The Labute approximate surface area is 158 Å². The second kappa shape index (κ2) is 7.17. The summed E-state index contributed by atoms with van der Waals surface area (Å²) < 4.78 is 37.9. The monoisotopic (exact) mass is 392 g/mol. The maximum absolute atomic E-state index is 12.4. The SMILES string of the molecule is O=C(Nc1cnn(CC(F)(F)F)c1)N1CCC(c2c[nH]c3ncccc23)CC1. The average molecular weight is 392 g/mol. The quantitative estimate of drug-likeness (QED) is 0.713.